The molecule has 20 heteroatoms. The Kier molecular flexibility index (Phi) is 21.1. The quantitative estimate of drug-likeness (QED) is 0.00989. The molecule has 0 fully saturated rings. The molecule has 0 saturated carbocycles. The Hall–Kier alpha value is -9.08. The van der Waals surface area contributed by atoms with Crippen LogP contribution in [-0.2, 0) is 22.3 Å². The number of anilines is 1. The van der Waals surface area contributed by atoms with Gasteiger partial charge in [0, 0.05) is 123 Å². The second-order valence-electron chi connectivity index (χ2n) is 29.0. The molecule has 0 N–H and O–H groups in total. The molecule has 0 bridgehead atoms. The summed E-state index contributed by atoms with van der Waals surface area (Å²) in [7, 11) is 3.25. The van der Waals surface area contributed by atoms with Gasteiger partial charge in [-0.3, -0.25) is 53.1 Å². The summed E-state index contributed by atoms with van der Waals surface area (Å²) in [6, 6.07) is 35.5. The molecule has 0 unspecified atom stereocenters. The van der Waals surface area contributed by atoms with Gasteiger partial charge in [0.1, 0.15) is 0 Å². The first-order valence-corrected chi connectivity index (χ1v) is 42.2. The van der Waals surface area contributed by atoms with Crippen LogP contribution in [0.25, 0.3) is 86.2 Å². The largest absolute Gasteiger partial charge is 0.500 e. The number of halogens is 1. The molecule has 0 aliphatic carbocycles. The van der Waals surface area contributed by atoms with Gasteiger partial charge in [-0.1, -0.05) is 185 Å². The number of hydrogen-bond donors (Lipinski definition) is 0. The molecule has 11 aromatic carbocycles. The lowest BCUT2D eigenvalue weighted by molar-refractivity contribution is 0.0501. The fourth-order valence-corrected chi connectivity index (χ4v) is 20.0. The number of nitrogens with zero attached hydrogens (tertiary/aromatic N) is 4. The lowest BCUT2D eigenvalue weighted by Gasteiger charge is -2.35. The maximum Gasteiger partial charge on any atom is 0.500 e. The van der Waals surface area contributed by atoms with E-state index in [1.54, 1.807) is 43.3 Å². The van der Waals surface area contributed by atoms with Gasteiger partial charge in [-0.2, -0.15) is 0 Å². The highest BCUT2D eigenvalue weighted by atomic mass is 35.7. The zero-order valence-electron chi connectivity index (χ0n) is 61.3. The van der Waals surface area contributed by atoms with Crippen molar-refractivity contribution in [3.63, 3.8) is 0 Å². The number of fused-ring (bicyclic) bond motifs is 4. The first-order valence-electron chi connectivity index (χ1n) is 37.9. The van der Waals surface area contributed by atoms with Crippen molar-refractivity contribution in [2.75, 3.05) is 32.8 Å². The van der Waals surface area contributed by atoms with Crippen LogP contribution >= 0.6 is 10.7 Å². The molecule has 8 amide bonds. The first kappa shape index (κ1) is 73.8. The Balaban J connectivity index is 0.000000178. The van der Waals surface area contributed by atoms with Gasteiger partial charge in [-0.05, 0) is 163 Å². The molecule has 4 aliphatic rings. The van der Waals surface area contributed by atoms with Gasteiger partial charge < -0.3 is 13.3 Å². The van der Waals surface area contributed by atoms with Crippen LogP contribution in [0.3, 0.4) is 0 Å². The third kappa shape index (κ3) is 12.5. The summed E-state index contributed by atoms with van der Waals surface area (Å²) in [5, 5.41) is 12.6. The maximum absolute atomic E-state index is 14.4. The molecular formula is C86H89ClN4O13SSi. The molecule has 0 radical (unpaired) electrons. The summed E-state index contributed by atoms with van der Waals surface area (Å²) in [6.45, 7) is 8.94. The van der Waals surface area contributed by atoms with Crippen LogP contribution < -0.4 is 4.90 Å². The smallest absolute Gasteiger partial charge is 0.377 e. The van der Waals surface area contributed by atoms with Crippen LogP contribution in [0.4, 0.5) is 5.69 Å². The van der Waals surface area contributed by atoms with Gasteiger partial charge in [-0.25, -0.2) is 13.3 Å². The van der Waals surface area contributed by atoms with E-state index in [1.165, 1.54) is 29.2 Å². The van der Waals surface area contributed by atoms with Crippen LogP contribution in [-0.4, -0.2) is 119 Å². The number of carbonyl (C=O) groups is 8. The number of rotatable bonds is 31. The van der Waals surface area contributed by atoms with Crippen molar-refractivity contribution < 1.29 is 60.1 Å². The van der Waals surface area contributed by atoms with Crippen LogP contribution in [0.15, 0.2) is 126 Å². The lowest BCUT2D eigenvalue weighted by atomic mass is 9.82. The second-order valence-corrected chi connectivity index (χ2v) is 34.6. The molecule has 17 nitrogen and oxygen atoms in total. The molecule has 0 spiro atoms. The van der Waals surface area contributed by atoms with Crippen molar-refractivity contribution in [2.24, 2.45) is 0 Å². The SMILES string of the molecule is CCCCCCC(CCCCCC)N1C(=O)c2ccc3c4ccc5c6c(ccc(c7ccc(c2c37)C1=O)c64)C(=O)N(CCC[Si](OC)(OC)OC)C5=O.CCCCCCC(CCCCCC)N1C(=O)c2ccc3c4ccc5c6c(ccc(c7ccc(c2c37)C1=O)c64)C(=O)N(c1cccc(S(=O)(=O)Cl)c1)C5=O. The third-order valence-electron chi connectivity index (χ3n) is 22.9. The number of unbranched alkanes of at least 4 members (excludes halogenated alkanes) is 12. The van der Waals surface area contributed by atoms with E-state index in [1.807, 2.05) is 84.9 Å². The minimum atomic E-state index is -4.11. The molecule has 548 valence electrons. The summed E-state index contributed by atoms with van der Waals surface area (Å²) in [5.41, 5.74) is 3.82. The zero-order valence-corrected chi connectivity index (χ0v) is 63.9. The topological polar surface area (TPSA) is 211 Å². The lowest BCUT2D eigenvalue weighted by Crippen LogP contribution is -2.47. The van der Waals surface area contributed by atoms with Crippen LogP contribution in [0, 0.1) is 0 Å². The second kappa shape index (κ2) is 30.3. The molecule has 106 heavy (non-hydrogen) atoms. The minimum Gasteiger partial charge on any atom is -0.377 e. The van der Waals surface area contributed by atoms with Crippen molar-refractivity contribution in [3.05, 3.63) is 166 Å². The summed E-state index contributed by atoms with van der Waals surface area (Å²) in [5.74, 6) is -2.76. The number of carbonyl (C=O) groups excluding carboxylic acids is 8. The Morgan fingerprint density at radius 1 is 0.349 bits per heavy atom. The predicted octanol–water partition coefficient (Wildman–Crippen LogP) is 19.9. The van der Waals surface area contributed by atoms with Crippen molar-refractivity contribution in [1.29, 1.82) is 0 Å². The molecule has 11 aromatic rings. The highest BCUT2D eigenvalue weighted by Gasteiger charge is 2.44. The van der Waals surface area contributed by atoms with Crippen LogP contribution in [0.2, 0.25) is 6.04 Å². The number of amides is 8. The monoisotopic (exact) mass is 1480 g/mol. The average molecular weight is 1480 g/mol. The number of imide groups is 4. The fraction of sp³-hybridized carbons (Fsp3) is 0.372. The predicted molar refractivity (Wildman–Crippen MR) is 421 cm³/mol. The van der Waals surface area contributed by atoms with Gasteiger partial charge in [0.25, 0.3) is 56.3 Å². The number of benzene rings is 11. The fourth-order valence-electron chi connectivity index (χ4n) is 17.5. The van der Waals surface area contributed by atoms with E-state index in [0.29, 0.717) is 78.5 Å². The van der Waals surface area contributed by atoms with Crippen molar-refractivity contribution >= 4 is 168 Å². The van der Waals surface area contributed by atoms with Gasteiger partial charge >= 0.3 is 8.80 Å². The van der Waals surface area contributed by atoms with E-state index in [2.05, 4.69) is 27.7 Å². The standard InChI is InChI=1S/C43H39ClN2O6S.C43H50N2O7Si/c1-3-5-7-9-12-25(13-10-8-6-4-2)45-40(47)32-20-16-28-30-18-22-34-39-35(43(50)46(42(34)49)26-14-11-15-27(24-26)53(44,51)52)23-19-31(37(30)39)29-17-21-33(41(45)48)38(32)36(28)29;1-6-8-10-12-15-27(16-13-11-9-7-2)45-42(48)34-23-19-30-28-17-21-32-38-33(41(47)44(40(32)46)25-14-26-53(50-3,51-4)52-5)22-18-29(36(28)38)31-20-24-35(43(45)49)39(34)37(30)31/h11,14-25H,3-10,12-13H2,1-2H3;17-24,27H,6-16,25-26H2,1-5H3. The molecule has 4 heterocycles. The normalized spacial score (nSPS) is 14.8. The van der Waals surface area contributed by atoms with E-state index in [4.69, 9.17) is 24.0 Å². The summed E-state index contributed by atoms with van der Waals surface area (Å²) in [4.78, 5) is 119. The Labute approximate surface area is 622 Å². The van der Waals surface area contributed by atoms with E-state index in [-0.39, 0.29) is 64.7 Å². The number of hydrogen-bond acceptors (Lipinski definition) is 13. The minimum absolute atomic E-state index is 0.0953. The van der Waals surface area contributed by atoms with Crippen molar-refractivity contribution in [1.82, 2.24) is 14.7 Å². The summed E-state index contributed by atoms with van der Waals surface area (Å²) >= 11 is 0. The van der Waals surface area contributed by atoms with Crippen molar-refractivity contribution in [2.45, 2.75) is 186 Å². The first-order chi connectivity index (χ1) is 51.3. The molecule has 0 atom stereocenters. The van der Waals surface area contributed by atoms with Gasteiger partial charge in [0.05, 0.1) is 10.6 Å². The maximum atomic E-state index is 14.4. The van der Waals surface area contributed by atoms with Crippen LogP contribution in [0.1, 0.15) is 245 Å². The molecule has 15 rings (SSSR count). The molecule has 4 aliphatic heterocycles. The Morgan fingerprint density at radius 3 is 0.906 bits per heavy atom. The van der Waals surface area contributed by atoms with Gasteiger partial charge in [0.2, 0.25) is 0 Å². The molecular weight excluding hydrogens is 1390 g/mol. The van der Waals surface area contributed by atoms with Crippen LogP contribution in [0.5, 0.6) is 0 Å². The van der Waals surface area contributed by atoms with E-state index < -0.39 is 29.7 Å². The van der Waals surface area contributed by atoms with Gasteiger partial charge in [-0.15, -0.1) is 0 Å². The highest BCUT2D eigenvalue weighted by Crippen LogP contribution is 2.50. The average Bonchev–Trinajstić information content (AvgIpc) is 0.694. The van der Waals surface area contributed by atoms with E-state index in [9.17, 15) is 46.8 Å². The summed E-state index contributed by atoms with van der Waals surface area (Å²) in [6.07, 6.45) is 21.0. The third-order valence-corrected chi connectivity index (χ3v) is 27.1. The highest BCUT2D eigenvalue weighted by molar-refractivity contribution is 8.13. The van der Waals surface area contributed by atoms with Gasteiger partial charge in [0.15, 0.2) is 0 Å². The van der Waals surface area contributed by atoms with E-state index in [0.717, 1.165) is 198 Å². The van der Waals surface area contributed by atoms with Crippen molar-refractivity contribution in [3.8, 4) is 0 Å². The Bertz CT molecular complexity index is 5270. The van der Waals surface area contributed by atoms with E-state index >= 15 is 0 Å². The summed E-state index contributed by atoms with van der Waals surface area (Å²) < 4.78 is 40.8. The Morgan fingerprint density at radius 2 is 0.632 bits per heavy atom. The molecule has 0 aromatic heterocycles. The molecule has 0 saturated heterocycles. The zero-order chi connectivity index (χ0) is 74.6.